The summed E-state index contributed by atoms with van der Waals surface area (Å²) in [7, 11) is 0. The summed E-state index contributed by atoms with van der Waals surface area (Å²) in [4.78, 5) is 23.4. The van der Waals surface area contributed by atoms with E-state index in [2.05, 4.69) is 15.2 Å². The first-order valence-corrected chi connectivity index (χ1v) is 9.07. The average Bonchev–Trinajstić information content (AvgIpc) is 2.58. The SMILES string of the molecule is CC(C)(C)OC(=O)NCC1CCCCN1c1cnc2cc(N)ccc2n1. The van der Waals surface area contributed by atoms with Gasteiger partial charge in [-0.1, -0.05) is 0 Å². The quantitative estimate of drug-likeness (QED) is 0.820. The maximum absolute atomic E-state index is 12.0. The van der Waals surface area contributed by atoms with E-state index in [0.29, 0.717) is 12.2 Å². The Balaban J connectivity index is 1.72. The van der Waals surface area contributed by atoms with Crippen LogP contribution in [0, 0.1) is 0 Å². The Hall–Kier alpha value is -2.57. The first-order valence-electron chi connectivity index (χ1n) is 9.07. The molecule has 0 radical (unpaired) electrons. The first-order chi connectivity index (χ1) is 12.3. The maximum atomic E-state index is 12.0. The summed E-state index contributed by atoms with van der Waals surface area (Å²) in [5.74, 6) is 0.831. The summed E-state index contributed by atoms with van der Waals surface area (Å²) in [6.45, 7) is 7.00. The molecule has 3 rings (SSSR count). The molecule has 1 aromatic carbocycles. The van der Waals surface area contributed by atoms with E-state index < -0.39 is 5.60 Å². The molecule has 0 bridgehead atoms. The largest absolute Gasteiger partial charge is 0.444 e. The summed E-state index contributed by atoms with van der Waals surface area (Å²) in [5, 5.41) is 2.89. The van der Waals surface area contributed by atoms with Crippen LogP contribution in [0.3, 0.4) is 0 Å². The molecule has 140 valence electrons. The minimum Gasteiger partial charge on any atom is -0.444 e. The third kappa shape index (κ3) is 4.53. The van der Waals surface area contributed by atoms with Gasteiger partial charge in [0.2, 0.25) is 0 Å². The number of hydrogen-bond acceptors (Lipinski definition) is 6. The van der Waals surface area contributed by atoms with Crippen LogP contribution in [-0.4, -0.2) is 40.8 Å². The van der Waals surface area contributed by atoms with Crippen molar-refractivity contribution in [3.05, 3.63) is 24.4 Å². The van der Waals surface area contributed by atoms with E-state index in [4.69, 9.17) is 15.5 Å². The molecule has 0 spiro atoms. The molecule has 1 aliphatic rings. The Labute approximate surface area is 153 Å². The lowest BCUT2D eigenvalue weighted by molar-refractivity contribution is 0.0523. The van der Waals surface area contributed by atoms with Crippen LogP contribution in [0.25, 0.3) is 11.0 Å². The molecule has 1 saturated heterocycles. The molecular weight excluding hydrogens is 330 g/mol. The Morgan fingerprint density at radius 2 is 2.15 bits per heavy atom. The molecule has 2 aromatic rings. The van der Waals surface area contributed by atoms with Gasteiger partial charge in [-0.15, -0.1) is 0 Å². The van der Waals surface area contributed by atoms with Crippen molar-refractivity contribution in [2.45, 2.75) is 51.7 Å². The van der Waals surface area contributed by atoms with Crippen LogP contribution in [0.2, 0.25) is 0 Å². The summed E-state index contributed by atoms with van der Waals surface area (Å²) < 4.78 is 5.33. The minimum absolute atomic E-state index is 0.178. The number of rotatable bonds is 3. The number of ether oxygens (including phenoxy) is 1. The summed E-state index contributed by atoms with van der Waals surface area (Å²) in [6, 6.07) is 5.72. The molecule has 1 unspecified atom stereocenters. The molecule has 7 nitrogen and oxygen atoms in total. The van der Waals surface area contributed by atoms with Crippen LogP contribution >= 0.6 is 0 Å². The Morgan fingerprint density at radius 1 is 1.35 bits per heavy atom. The third-order valence-electron chi connectivity index (χ3n) is 4.36. The number of carbonyl (C=O) groups excluding carboxylic acids is 1. The van der Waals surface area contributed by atoms with Gasteiger partial charge in [0.1, 0.15) is 11.4 Å². The van der Waals surface area contributed by atoms with E-state index in [1.165, 1.54) is 0 Å². The van der Waals surface area contributed by atoms with Crippen molar-refractivity contribution in [2.24, 2.45) is 0 Å². The fourth-order valence-electron chi connectivity index (χ4n) is 3.19. The summed E-state index contributed by atoms with van der Waals surface area (Å²) >= 11 is 0. The zero-order valence-corrected chi connectivity index (χ0v) is 15.7. The number of alkyl carbamates (subject to hydrolysis) is 1. The van der Waals surface area contributed by atoms with Gasteiger partial charge >= 0.3 is 6.09 Å². The summed E-state index contributed by atoms with van der Waals surface area (Å²) in [5.41, 5.74) is 7.59. The molecule has 3 N–H and O–H groups in total. The molecule has 0 aliphatic carbocycles. The number of amides is 1. The van der Waals surface area contributed by atoms with E-state index in [1.807, 2.05) is 39.0 Å². The van der Waals surface area contributed by atoms with E-state index in [9.17, 15) is 4.79 Å². The van der Waals surface area contributed by atoms with Crippen LogP contribution in [0.5, 0.6) is 0 Å². The maximum Gasteiger partial charge on any atom is 0.407 e. The number of fused-ring (bicyclic) bond motifs is 1. The molecule has 1 fully saturated rings. The van der Waals surface area contributed by atoms with Crippen molar-refractivity contribution < 1.29 is 9.53 Å². The van der Waals surface area contributed by atoms with Crippen LogP contribution in [-0.2, 0) is 4.74 Å². The number of hydrogen-bond donors (Lipinski definition) is 2. The normalized spacial score (nSPS) is 18.0. The van der Waals surface area contributed by atoms with Gasteiger partial charge in [0.15, 0.2) is 0 Å². The number of nitrogens with one attached hydrogen (secondary N) is 1. The smallest absolute Gasteiger partial charge is 0.407 e. The zero-order chi connectivity index (χ0) is 18.7. The highest BCUT2D eigenvalue weighted by atomic mass is 16.6. The minimum atomic E-state index is -0.498. The standard InChI is InChI=1S/C19H27N5O2/c1-19(2,3)26-18(25)22-11-14-6-4-5-9-24(14)17-12-21-16-10-13(20)7-8-15(16)23-17/h7-8,10,12,14H,4-6,9,11,20H2,1-3H3,(H,22,25). The summed E-state index contributed by atoms with van der Waals surface area (Å²) in [6.07, 6.45) is 4.63. The van der Waals surface area contributed by atoms with E-state index in [-0.39, 0.29) is 12.1 Å². The highest BCUT2D eigenvalue weighted by molar-refractivity contribution is 5.79. The second-order valence-electron chi connectivity index (χ2n) is 7.70. The van der Waals surface area contributed by atoms with Crippen LogP contribution < -0.4 is 16.0 Å². The van der Waals surface area contributed by atoms with Crippen molar-refractivity contribution >= 4 is 28.6 Å². The number of nitrogen functional groups attached to an aromatic ring is 1. The van der Waals surface area contributed by atoms with E-state index >= 15 is 0 Å². The molecule has 2 heterocycles. The average molecular weight is 357 g/mol. The highest BCUT2D eigenvalue weighted by Crippen LogP contribution is 2.24. The lowest BCUT2D eigenvalue weighted by Gasteiger charge is -2.36. The van der Waals surface area contributed by atoms with Gasteiger partial charge < -0.3 is 20.7 Å². The molecule has 1 atom stereocenters. The lowest BCUT2D eigenvalue weighted by Crippen LogP contribution is -2.48. The number of anilines is 2. The Morgan fingerprint density at radius 3 is 2.92 bits per heavy atom. The van der Waals surface area contributed by atoms with Crippen molar-refractivity contribution in [3.63, 3.8) is 0 Å². The Kier molecular flexibility index (Phi) is 5.15. The molecule has 1 aliphatic heterocycles. The monoisotopic (exact) mass is 357 g/mol. The Bertz CT molecular complexity index is 787. The van der Waals surface area contributed by atoms with Crippen molar-refractivity contribution in [1.29, 1.82) is 0 Å². The van der Waals surface area contributed by atoms with Crippen LogP contribution in [0.15, 0.2) is 24.4 Å². The van der Waals surface area contributed by atoms with E-state index in [0.717, 1.165) is 42.7 Å². The lowest BCUT2D eigenvalue weighted by atomic mass is 10.0. The second-order valence-corrected chi connectivity index (χ2v) is 7.70. The number of piperidine rings is 1. The molecule has 26 heavy (non-hydrogen) atoms. The number of nitrogens with two attached hydrogens (primary N) is 1. The zero-order valence-electron chi connectivity index (χ0n) is 15.7. The number of carbonyl (C=O) groups is 1. The van der Waals surface area contributed by atoms with Gasteiger partial charge in [0.05, 0.1) is 17.2 Å². The van der Waals surface area contributed by atoms with Gasteiger partial charge in [0, 0.05) is 24.8 Å². The molecular formula is C19H27N5O2. The van der Waals surface area contributed by atoms with Gasteiger partial charge in [-0.2, -0.15) is 0 Å². The van der Waals surface area contributed by atoms with Crippen molar-refractivity contribution in [2.75, 3.05) is 23.7 Å². The molecule has 0 saturated carbocycles. The van der Waals surface area contributed by atoms with Crippen molar-refractivity contribution in [3.8, 4) is 0 Å². The number of aromatic nitrogens is 2. The first kappa shape index (κ1) is 18.2. The fourth-order valence-corrected chi connectivity index (χ4v) is 3.19. The van der Waals surface area contributed by atoms with Gasteiger partial charge in [0.25, 0.3) is 0 Å². The predicted molar refractivity (Wildman–Crippen MR) is 103 cm³/mol. The van der Waals surface area contributed by atoms with E-state index in [1.54, 1.807) is 6.20 Å². The predicted octanol–water partition coefficient (Wildman–Crippen LogP) is 3.10. The molecule has 1 amide bonds. The van der Waals surface area contributed by atoms with Gasteiger partial charge in [-0.05, 0) is 58.2 Å². The number of nitrogens with zero attached hydrogens (tertiary/aromatic N) is 3. The molecule has 7 heteroatoms. The van der Waals surface area contributed by atoms with Gasteiger partial charge in [-0.25, -0.2) is 9.78 Å². The third-order valence-corrected chi connectivity index (χ3v) is 4.36. The second kappa shape index (κ2) is 7.35. The molecule has 1 aromatic heterocycles. The topological polar surface area (TPSA) is 93.4 Å². The van der Waals surface area contributed by atoms with Crippen molar-refractivity contribution in [1.82, 2.24) is 15.3 Å². The van der Waals surface area contributed by atoms with Crippen LogP contribution in [0.1, 0.15) is 40.0 Å². The highest BCUT2D eigenvalue weighted by Gasteiger charge is 2.25. The number of benzene rings is 1. The fraction of sp³-hybridized carbons (Fsp3) is 0.526. The van der Waals surface area contributed by atoms with Gasteiger partial charge in [-0.3, -0.25) is 4.98 Å². The van der Waals surface area contributed by atoms with Crippen LogP contribution in [0.4, 0.5) is 16.3 Å².